The third kappa shape index (κ3) is 1.76. The van der Waals surface area contributed by atoms with Gasteiger partial charge in [-0.1, -0.05) is 50.3 Å². The molecule has 0 radical (unpaired) electrons. The van der Waals surface area contributed by atoms with Gasteiger partial charge in [0, 0.05) is 12.4 Å². The molecule has 1 heteroatoms. The summed E-state index contributed by atoms with van der Waals surface area (Å²) in [7, 11) is 0. The molecule has 0 spiro atoms. The summed E-state index contributed by atoms with van der Waals surface area (Å²) in [6.45, 7) is 4.62. The van der Waals surface area contributed by atoms with E-state index in [0.29, 0.717) is 11.8 Å². The molecule has 2 aromatic rings. The van der Waals surface area contributed by atoms with E-state index in [1.807, 2.05) is 18.5 Å². The summed E-state index contributed by atoms with van der Waals surface area (Å²) >= 11 is 0. The maximum Gasteiger partial charge on any atom is 0.0343 e. The summed E-state index contributed by atoms with van der Waals surface area (Å²) in [6, 6.07) is 12.8. The van der Waals surface area contributed by atoms with E-state index in [-0.39, 0.29) is 0 Å². The number of rotatable bonds is 1. The fourth-order valence-electron chi connectivity index (χ4n) is 2.77. The molecule has 1 aromatic heterocycles. The van der Waals surface area contributed by atoms with Gasteiger partial charge in [-0.05, 0) is 40.2 Å². The Morgan fingerprint density at radius 3 is 2.56 bits per heavy atom. The van der Waals surface area contributed by atoms with Crippen LogP contribution < -0.4 is 0 Å². The van der Waals surface area contributed by atoms with Crippen molar-refractivity contribution in [3.05, 3.63) is 65.5 Å². The predicted molar refractivity (Wildman–Crippen MR) is 76.1 cm³/mol. The molecule has 0 bridgehead atoms. The Hall–Kier alpha value is -1.89. The van der Waals surface area contributed by atoms with Crippen LogP contribution in [-0.2, 0) is 0 Å². The quantitative estimate of drug-likeness (QED) is 0.715. The zero-order chi connectivity index (χ0) is 12.5. The lowest BCUT2D eigenvalue weighted by atomic mass is 9.75. The van der Waals surface area contributed by atoms with E-state index in [0.717, 1.165) is 0 Å². The molecule has 1 aliphatic carbocycles. The largest absolute Gasteiger partial charge is 0.264 e. The highest BCUT2D eigenvalue weighted by Gasteiger charge is 2.25. The van der Waals surface area contributed by atoms with Crippen LogP contribution in [0.25, 0.3) is 11.6 Å². The van der Waals surface area contributed by atoms with Crippen molar-refractivity contribution >= 4 is 11.6 Å². The highest BCUT2D eigenvalue weighted by atomic mass is 14.6. The van der Waals surface area contributed by atoms with Crippen LogP contribution in [0.1, 0.15) is 36.5 Å². The second kappa shape index (κ2) is 4.41. The van der Waals surface area contributed by atoms with E-state index >= 15 is 0 Å². The summed E-state index contributed by atoms with van der Waals surface area (Å²) in [5.41, 5.74) is 5.44. The van der Waals surface area contributed by atoms with Gasteiger partial charge in [0.25, 0.3) is 0 Å². The number of hydrogen-bond acceptors (Lipinski definition) is 1. The van der Waals surface area contributed by atoms with Gasteiger partial charge in [-0.15, -0.1) is 0 Å². The highest BCUT2D eigenvalue weighted by molar-refractivity contribution is 5.86. The van der Waals surface area contributed by atoms with Gasteiger partial charge in [0.2, 0.25) is 0 Å². The molecule has 1 heterocycles. The zero-order valence-electron chi connectivity index (χ0n) is 10.8. The first-order chi connectivity index (χ1) is 8.77. The molecule has 0 saturated carbocycles. The molecule has 90 valence electrons. The molecule has 0 fully saturated rings. The minimum atomic E-state index is 0.532. The number of pyridine rings is 1. The molecule has 1 aliphatic rings. The highest BCUT2D eigenvalue weighted by Crippen LogP contribution is 2.41. The predicted octanol–water partition coefficient (Wildman–Crippen LogP) is 4.38. The Morgan fingerprint density at radius 2 is 1.78 bits per heavy atom. The number of fused-ring (bicyclic) bond motifs is 1. The first kappa shape index (κ1) is 11.2. The molecule has 3 rings (SSSR count). The molecular weight excluding hydrogens is 218 g/mol. The monoisotopic (exact) mass is 235 g/mol. The Kier molecular flexibility index (Phi) is 2.75. The molecule has 0 saturated heterocycles. The van der Waals surface area contributed by atoms with Gasteiger partial charge in [-0.25, -0.2) is 0 Å². The fourth-order valence-corrected chi connectivity index (χ4v) is 2.77. The topological polar surface area (TPSA) is 12.9 Å². The summed E-state index contributed by atoms with van der Waals surface area (Å²) in [6.07, 6.45) is 6.11. The first-order valence-corrected chi connectivity index (χ1v) is 6.48. The fraction of sp³-hybridized carbons (Fsp3) is 0.235. The van der Waals surface area contributed by atoms with E-state index < -0.39 is 0 Å². The van der Waals surface area contributed by atoms with Gasteiger partial charge >= 0.3 is 0 Å². The second-order valence-corrected chi connectivity index (χ2v) is 5.05. The number of benzene rings is 1. The minimum absolute atomic E-state index is 0.532. The van der Waals surface area contributed by atoms with Crippen LogP contribution in [0.3, 0.4) is 0 Å². The normalized spacial score (nSPS) is 22.2. The number of nitrogens with zero attached hydrogens (tertiary/aromatic N) is 1. The molecule has 1 aromatic carbocycles. The molecule has 0 amide bonds. The van der Waals surface area contributed by atoms with Gasteiger partial charge < -0.3 is 0 Å². The Balaban J connectivity index is 2.14. The smallest absolute Gasteiger partial charge is 0.0343 e. The van der Waals surface area contributed by atoms with Crippen molar-refractivity contribution in [2.75, 3.05) is 0 Å². The average Bonchev–Trinajstić information content (AvgIpc) is 2.44. The summed E-state index contributed by atoms with van der Waals surface area (Å²) in [4.78, 5) is 4.23. The summed E-state index contributed by atoms with van der Waals surface area (Å²) < 4.78 is 0. The molecular formula is C17H17N. The van der Waals surface area contributed by atoms with Crippen molar-refractivity contribution in [2.24, 2.45) is 5.92 Å². The number of aromatic nitrogens is 1. The molecule has 2 atom stereocenters. The number of allylic oxidation sites excluding steroid dienone is 1. The zero-order valence-corrected chi connectivity index (χ0v) is 10.8. The van der Waals surface area contributed by atoms with Gasteiger partial charge in [0.05, 0.1) is 0 Å². The van der Waals surface area contributed by atoms with Crippen LogP contribution in [0.5, 0.6) is 0 Å². The lowest BCUT2D eigenvalue weighted by Gasteiger charge is -2.29. The van der Waals surface area contributed by atoms with Gasteiger partial charge in [-0.3, -0.25) is 4.98 Å². The van der Waals surface area contributed by atoms with E-state index in [4.69, 9.17) is 0 Å². The van der Waals surface area contributed by atoms with Gasteiger partial charge in [0.1, 0.15) is 0 Å². The van der Waals surface area contributed by atoms with E-state index in [2.05, 4.69) is 55.2 Å². The Morgan fingerprint density at radius 1 is 0.944 bits per heavy atom. The van der Waals surface area contributed by atoms with Crippen LogP contribution in [0, 0.1) is 5.92 Å². The third-order valence-electron chi connectivity index (χ3n) is 4.03. The summed E-state index contributed by atoms with van der Waals surface area (Å²) in [5.74, 6) is 1.09. The first-order valence-electron chi connectivity index (χ1n) is 6.48. The molecule has 2 unspecified atom stereocenters. The maximum absolute atomic E-state index is 4.23. The van der Waals surface area contributed by atoms with Crippen molar-refractivity contribution in [1.82, 2.24) is 4.98 Å². The van der Waals surface area contributed by atoms with E-state index in [1.165, 1.54) is 22.3 Å². The lowest BCUT2D eigenvalue weighted by Crippen LogP contribution is -2.14. The molecule has 0 aliphatic heterocycles. The van der Waals surface area contributed by atoms with Crippen molar-refractivity contribution < 1.29 is 0 Å². The van der Waals surface area contributed by atoms with E-state index in [9.17, 15) is 0 Å². The Labute approximate surface area is 108 Å². The van der Waals surface area contributed by atoms with Crippen LogP contribution in [0.15, 0.2) is 48.8 Å². The lowest BCUT2D eigenvalue weighted by molar-refractivity contribution is 0.601. The number of hydrogen-bond donors (Lipinski definition) is 0. The van der Waals surface area contributed by atoms with Crippen molar-refractivity contribution in [1.29, 1.82) is 0 Å². The minimum Gasteiger partial charge on any atom is -0.264 e. The SMILES string of the molecule is CC1C(c2cccnc2)=Cc2ccccc2C1C. The standard InChI is InChI=1S/C17H17N/c1-12-13(2)17(15-7-5-9-18-11-15)10-14-6-3-4-8-16(12)14/h3-13H,1-2H3. The van der Waals surface area contributed by atoms with Gasteiger partial charge in [-0.2, -0.15) is 0 Å². The van der Waals surface area contributed by atoms with Crippen LogP contribution in [-0.4, -0.2) is 4.98 Å². The molecule has 0 N–H and O–H groups in total. The maximum atomic E-state index is 4.23. The van der Waals surface area contributed by atoms with E-state index in [1.54, 1.807) is 0 Å². The summed E-state index contributed by atoms with van der Waals surface area (Å²) in [5, 5.41) is 0. The van der Waals surface area contributed by atoms with Gasteiger partial charge in [0.15, 0.2) is 0 Å². The van der Waals surface area contributed by atoms with Crippen molar-refractivity contribution in [3.63, 3.8) is 0 Å². The van der Waals surface area contributed by atoms with Crippen molar-refractivity contribution in [2.45, 2.75) is 19.8 Å². The van der Waals surface area contributed by atoms with Crippen molar-refractivity contribution in [3.8, 4) is 0 Å². The van der Waals surface area contributed by atoms with Crippen LogP contribution >= 0.6 is 0 Å². The average molecular weight is 235 g/mol. The molecule has 18 heavy (non-hydrogen) atoms. The third-order valence-corrected chi connectivity index (χ3v) is 4.03. The second-order valence-electron chi connectivity index (χ2n) is 5.05. The van der Waals surface area contributed by atoms with Crippen LogP contribution in [0.4, 0.5) is 0 Å². The Bertz CT molecular complexity index is 584. The van der Waals surface area contributed by atoms with Crippen LogP contribution in [0.2, 0.25) is 0 Å². The molecule has 1 nitrogen and oxygen atoms in total.